The van der Waals surface area contributed by atoms with Crippen molar-refractivity contribution >= 4 is 29.1 Å². The van der Waals surface area contributed by atoms with Gasteiger partial charge in [-0.15, -0.1) is 0 Å². The van der Waals surface area contributed by atoms with E-state index >= 15 is 0 Å². The van der Waals surface area contributed by atoms with Gasteiger partial charge in [0.15, 0.2) is 5.54 Å². The van der Waals surface area contributed by atoms with Gasteiger partial charge < -0.3 is 10.6 Å². The van der Waals surface area contributed by atoms with Crippen LogP contribution in [0, 0.1) is 5.92 Å². The number of imide groups is 1. The number of rotatable bonds is 4. The minimum Gasteiger partial charge on any atom is -0.377 e. The summed E-state index contributed by atoms with van der Waals surface area (Å²) in [5, 5.41) is 8.10. The molecule has 2 aliphatic heterocycles. The summed E-state index contributed by atoms with van der Waals surface area (Å²) in [5.41, 5.74) is -1.00. The van der Waals surface area contributed by atoms with Crippen molar-refractivity contribution in [2.45, 2.75) is 44.6 Å². The normalized spacial score (nSPS) is 31.2. The Morgan fingerprint density at radius 1 is 1.39 bits per heavy atom. The molecule has 3 N–H and O–H groups in total. The van der Waals surface area contributed by atoms with E-state index in [2.05, 4.69) is 22.9 Å². The third-order valence-electron chi connectivity index (χ3n) is 3.80. The van der Waals surface area contributed by atoms with Crippen molar-refractivity contribution in [2.24, 2.45) is 5.92 Å². The van der Waals surface area contributed by atoms with Crippen LogP contribution in [-0.4, -0.2) is 29.0 Å². The molecule has 2 fully saturated rings. The van der Waals surface area contributed by atoms with E-state index in [1.807, 2.05) is 0 Å². The first-order valence-corrected chi connectivity index (χ1v) is 6.94. The van der Waals surface area contributed by atoms with E-state index in [1.165, 1.54) is 0 Å². The minimum atomic E-state index is -1.00. The molecule has 2 saturated heterocycles. The van der Waals surface area contributed by atoms with Crippen LogP contribution in [0.2, 0.25) is 0 Å². The molecule has 0 aromatic rings. The maximum absolute atomic E-state index is 12.1. The molecular formula is C12H19N3O2S. The lowest BCUT2D eigenvalue weighted by Crippen LogP contribution is -2.65. The highest BCUT2D eigenvalue weighted by atomic mass is 32.1. The van der Waals surface area contributed by atoms with Crippen LogP contribution in [0.4, 0.5) is 4.79 Å². The number of hydrogen-bond donors (Lipinski definition) is 3. The van der Waals surface area contributed by atoms with Crippen molar-refractivity contribution < 1.29 is 9.59 Å². The Kier molecular flexibility index (Phi) is 3.85. The second-order valence-corrected chi connectivity index (χ2v) is 5.36. The molecule has 2 atom stereocenters. The molecule has 0 aromatic heterocycles. The minimum absolute atomic E-state index is 0.101. The van der Waals surface area contributed by atoms with E-state index in [0.29, 0.717) is 4.99 Å². The molecule has 0 saturated carbocycles. The number of urea groups is 1. The van der Waals surface area contributed by atoms with Gasteiger partial charge in [-0.2, -0.15) is 0 Å². The Hall–Kier alpha value is -1.17. The fourth-order valence-corrected chi connectivity index (χ4v) is 3.23. The van der Waals surface area contributed by atoms with Gasteiger partial charge in [-0.25, -0.2) is 4.79 Å². The first kappa shape index (κ1) is 13.3. The molecule has 2 rings (SSSR count). The number of carbonyl (C=O) groups is 2. The number of carbonyl (C=O) groups excluding carboxylic acids is 2. The standard InChI is InChI=1S/C12H19N3O2S/c1-2-3-4-5-8-6-7-13-10(18)12(8)9(16)14-11(17)15-12/h8H,2-7H2,1H3,(H,13,18)(H2,14,15,16,17). The maximum atomic E-state index is 12.1. The highest BCUT2D eigenvalue weighted by Crippen LogP contribution is 2.32. The lowest BCUT2D eigenvalue weighted by Gasteiger charge is -2.39. The van der Waals surface area contributed by atoms with Crippen LogP contribution < -0.4 is 16.0 Å². The number of hydrogen-bond acceptors (Lipinski definition) is 3. The van der Waals surface area contributed by atoms with Gasteiger partial charge in [-0.1, -0.05) is 38.4 Å². The lowest BCUT2D eigenvalue weighted by molar-refractivity contribution is -0.123. The summed E-state index contributed by atoms with van der Waals surface area (Å²) in [4.78, 5) is 24.0. The van der Waals surface area contributed by atoms with Crippen molar-refractivity contribution in [3.8, 4) is 0 Å². The zero-order chi connectivity index (χ0) is 13.2. The van der Waals surface area contributed by atoms with E-state index in [0.717, 1.165) is 38.6 Å². The van der Waals surface area contributed by atoms with Crippen LogP contribution in [0.25, 0.3) is 0 Å². The highest BCUT2D eigenvalue weighted by molar-refractivity contribution is 7.80. The Labute approximate surface area is 112 Å². The van der Waals surface area contributed by atoms with Gasteiger partial charge in [0.25, 0.3) is 5.91 Å². The summed E-state index contributed by atoms with van der Waals surface area (Å²) in [6.07, 6.45) is 5.12. The summed E-state index contributed by atoms with van der Waals surface area (Å²) in [6, 6.07) is -0.438. The molecule has 0 radical (unpaired) electrons. The van der Waals surface area contributed by atoms with Crippen LogP contribution in [-0.2, 0) is 4.79 Å². The number of nitrogens with one attached hydrogen (secondary N) is 3. The average Bonchev–Trinajstić information content (AvgIpc) is 2.62. The van der Waals surface area contributed by atoms with Gasteiger partial charge in [0.05, 0.1) is 0 Å². The number of piperidine rings is 1. The molecule has 1 spiro atoms. The lowest BCUT2D eigenvalue weighted by atomic mass is 9.76. The monoisotopic (exact) mass is 269 g/mol. The Morgan fingerprint density at radius 2 is 2.17 bits per heavy atom. The van der Waals surface area contributed by atoms with E-state index < -0.39 is 11.6 Å². The highest BCUT2D eigenvalue weighted by Gasteiger charge is 2.56. The van der Waals surface area contributed by atoms with Crippen molar-refractivity contribution in [1.29, 1.82) is 0 Å². The molecule has 2 heterocycles. The Balaban J connectivity index is 2.18. The molecule has 6 heteroatoms. The molecule has 0 aromatic carbocycles. The van der Waals surface area contributed by atoms with Gasteiger partial charge in [-0.05, 0) is 18.8 Å². The first-order valence-electron chi connectivity index (χ1n) is 6.53. The van der Waals surface area contributed by atoms with Crippen molar-refractivity contribution in [3.63, 3.8) is 0 Å². The fraction of sp³-hybridized carbons (Fsp3) is 0.750. The van der Waals surface area contributed by atoms with Gasteiger partial charge in [0.2, 0.25) is 0 Å². The van der Waals surface area contributed by atoms with E-state index in [-0.39, 0.29) is 11.8 Å². The van der Waals surface area contributed by atoms with Gasteiger partial charge in [0, 0.05) is 6.54 Å². The van der Waals surface area contributed by atoms with Crippen LogP contribution >= 0.6 is 12.2 Å². The summed E-state index contributed by atoms with van der Waals surface area (Å²) in [7, 11) is 0. The van der Waals surface area contributed by atoms with Crippen LogP contribution in [0.5, 0.6) is 0 Å². The SMILES string of the molecule is CCCCCC1CCNC(=S)C12NC(=O)NC2=O. The van der Waals surface area contributed by atoms with Crippen LogP contribution in [0.3, 0.4) is 0 Å². The number of amides is 3. The molecule has 100 valence electrons. The fourth-order valence-electron chi connectivity index (χ4n) is 2.82. The van der Waals surface area contributed by atoms with Crippen LogP contribution in [0.15, 0.2) is 0 Å². The molecule has 2 aliphatic rings. The predicted molar refractivity (Wildman–Crippen MR) is 72.3 cm³/mol. The largest absolute Gasteiger partial charge is 0.377 e. The molecule has 0 bridgehead atoms. The second kappa shape index (κ2) is 5.22. The summed E-state index contributed by atoms with van der Waals surface area (Å²) in [6.45, 7) is 2.92. The Bertz CT molecular complexity index is 386. The van der Waals surface area contributed by atoms with Crippen molar-refractivity contribution in [3.05, 3.63) is 0 Å². The third kappa shape index (κ3) is 2.09. The molecule has 2 unspecified atom stereocenters. The molecule has 3 amide bonds. The number of thiocarbonyl (C=S) groups is 1. The van der Waals surface area contributed by atoms with Gasteiger partial charge in [0.1, 0.15) is 4.99 Å². The summed E-state index contributed by atoms with van der Waals surface area (Å²) < 4.78 is 0. The van der Waals surface area contributed by atoms with E-state index in [9.17, 15) is 9.59 Å². The topological polar surface area (TPSA) is 70.2 Å². The second-order valence-electron chi connectivity index (χ2n) is 4.95. The summed E-state index contributed by atoms with van der Waals surface area (Å²) in [5.74, 6) is -0.199. The molecule has 5 nitrogen and oxygen atoms in total. The quantitative estimate of drug-likeness (QED) is 0.406. The van der Waals surface area contributed by atoms with Crippen molar-refractivity contribution in [1.82, 2.24) is 16.0 Å². The zero-order valence-electron chi connectivity index (χ0n) is 10.5. The number of unbranched alkanes of at least 4 members (excludes halogenated alkanes) is 2. The van der Waals surface area contributed by atoms with Crippen molar-refractivity contribution in [2.75, 3.05) is 6.54 Å². The molecule has 18 heavy (non-hydrogen) atoms. The van der Waals surface area contributed by atoms with E-state index in [4.69, 9.17) is 12.2 Å². The Morgan fingerprint density at radius 3 is 2.78 bits per heavy atom. The van der Waals surface area contributed by atoms with Gasteiger partial charge in [-0.3, -0.25) is 10.1 Å². The summed E-state index contributed by atoms with van der Waals surface area (Å²) >= 11 is 5.28. The smallest absolute Gasteiger partial charge is 0.322 e. The molecular weight excluding hydrogens is 250 g/mol. The van der Waals surface area contributed by atoms with E-state index in [1.54, 1.807) is 0 Å². The first-order chi connectivity index (χ1) is 8.61. The predicted octanol–water partition coefficient (Wildman–Crippen LogP) is 1.08. The molecule has 0 aliphatic carbocycles. The zero-order valence-corrected chi connectivity index (χ0v) is 11.4. The van der Waals surface area contributed by atoms with Crippen LogP contribution in [0.1, 0.15) is 39.0 Å². The average molecular weight is 269 g/mol. The maximum Gasteiger partial charge on any atom is 0.322 e. The van der Waals surface area contributed by atoms with Gasteiger partial charge >= 0.3 is 6.03 Å². The third-order valence-corrected chi connectivity index (χ3v) is 4.27.